The van der Waals surface area contributed by atoms with Gasteiger partial charge in [-0.05, 0) is 20.7 Å². The van der Waals surface area contributed by atoms with Gasteiger partial charge in [-0.15, -0.1) is 0 Å². The molecule has 0 aliphatic carbocycles. The Hall–Kier alpha value is -0.545. The van der Waals surface area contributed by atoms with Crippen LogP contribution in [0.3, 0.4) is 0 Å². The smallest absolute Gasteiger partial charge is 0.373 e. The highest BCUT2D eigenvalue weighted by molar-refractivity contribution is 6.45. The Bertz CT molecular complexity index is 147. The largest absolute Gasteiger partial charge is 0.481 e. The van der Waals surface area contributed by atoms with E-state index in [1.165, 1.54) is 0 Å². The molecule has 3 N–H and O–H groups in total. The summed E-state index contributed by atoms with van der Waals surface area (Å²) < 4.78 is 0. The summed E-state index contributed by atoms with van der Waals surface area (Å²) in [6.07, 6.45) is 0. The fraction of sp³-hybridized carbons (Fsp3) is 0.833. The molecule has 0 amide bonds. The molecule has 64 valence electrons. The summed E-state index contributed by atoms with van der Waals surface area (Å²) in [5.74, 6) is -0.870. The second-order valence-electron chi connectivity index (χ2n) is 3.25. The van der Waals surface area contributed by atoms with Gasteiger partial charge in [0, 0.05) is 6.54 Å². The van der Waals surface area contributed by atoms with E-state index in [1.807, 2.05) is 0 Å². The summed E-state index contributed by atoms with van der Waals surface area (Å²) in [5.41, 5.74) is -0.822. The summed E-state index contributed by atoms with van der Waals surface area (Å²) in [7, 11) is -0.659. The van der Waals surface area contributed by atoms with E-state index in [4.69, 9.17) is 10.1 Å². The number of carbonyl (C=O) groups is 1. The molecule has 0 saturated heterocycles. The molecule has 0 atom stereocenters. The molecule has 0 spiro atoms. The number of hydrogen-bond donors (Lipinski definition) is 3. The van der Waals surface area contributed by atoms with Gasteiger partial charge >= 0.3 is 13.0 Å². The normalized spacial score (nSPS) is 11.3. The molecular formula is C6H14BNO3. The van der Waals surface area contributed by atoms with Crippen molar-refractivity contribution in [2.45, 2.75) is 20.7 Å². The third-order valence-corrected chi connectivity index (χ3v) is 1.42. The molecule has 0 rings (SSSR count). The first-order valence-corrected chi connectivity index (χ1v) is 3.51. The molecule has 0 heterocycles. The Labute approximate surface area is 66.7 Å². The van der Waals surface area contributed by atoms with Crippen LogP contribution in [0.1, 0.15) is 13.8 Å². The Morgan fingerprint density at radius 1 is 1.64 bits per heavy atom. The van der Waals surface area contributed by atoms with Gasteiger partial charge in [-0.1, -0.05) is 0 Å². The summed E-state index contributed by atoms with van der Waals surface area (Å²) in [5, 5.41) is 20.1. The van der Waals surface area contributed by atoms with Gasteiger partial charge in [-0.25, -0.2) is 0 Å². The third kappa shape index (κ3) is 4.00. The first-order valence-electron chi connectivity index (χ1n) is 3.51. The van der Waals surface area contributed by atoms with Crippen molar-refractivity contribution in [2.75, 3.05) is 6.54 Å². The lowest BCUT2D eigenvalue weighted by atomic mass is 9.84. The Morgan fingerprint density at radius 2 is 2.09 bits per heavy atom. The maximum Gasteiger partial charge on any atom is 0.373 e. The number of aliphatic carboxylic acids is 1. The van der Waals surface area contributed by atoms with Crippen LogP contribution in [0.15, 0.2) is 0 Å². The monoisotopic (exact) mass is 159 g/mol. The predicted molar refractivity (Wildman–Crippen MR) is 43.3 cm³/mol. The highest BCUT2D eigenvalue weighted by Crippen LogP contribution is 2.12. The van der Waals surface area contributed by atoms with Crippen molar-refractivity contribution in [3.05, 3.63) is 0 Å². The predicted octanol–water partition coefficient (Wildman–Crippen LogP) is -0.203. The van der Waals surface area contributed by atoms with E-state index in [0.29, 0.717) is 0 Å². The summed E-state index contributed by atoms with van der Waals surface area (Å²) in [6, 6.07) is 0. The van der Waals surface area contributed by atoms with Gasteiger partial charge in [0.2, 0.25) is 0 Å². The van der Waals surface area contributed by atoms with E-state index >= 15 is 0 Å². The molecule has 11 heavy (non-hydrogen) atoms. The first-order chi connectivity index (χ1) is 4.86. The van der Waals surface area contributed by atoms with Crippen molar-refractivity contribution in [1.29, 1.82) is 0 Å². The van der Waals surface area contributed by atoms with Crippen molar-refractivity contribution in [1.82, 2.24) is 5.23 Å². The Balaban J connectivity index is 3.83. The van der Waals surface area contributed by atoms with Crippen LogP contribution >= 0.6 is 0 Å². The van der Waals surface area contributed by atoms with Gasteiger partial charge in [0.05, 0.1) is 5.41 Å². The molecule has 0 aromatic rings. The van der Waals surface area contributed by atoms with Gasteiger partial charge in [-0.2, -0.15) is 0 Å². The molecule has 5 heteroatoms. The molecule has 0 aromatic heterocycles. The number of hydrogen-bond acceptors (Lipinski definition) is 3. The van der Waals surface area contributed by atoms with Gasteiger partial charge in [0.15, 0.2) is 0 Å². The summed E-state index contributed by atoms with van der Waals surface area (Å²) in [6.45, 7) is 5.02. The van der Waals surface area contributed by atoms with E-state index in [0.717, 1.165) is 0 Å². The molecular weight excluding hydrogens is 145 g/mol. The lowest BCUT2D eigenvalue weighted by molar-refractivity contribution is -0.146. The zero-order chi connectivity index (χ0) is 9.07. The van der Waals surface area contributed by atoms with E-state index in [-0.39, 0.29) is 6.54 Å². The van der Waals surface area contributed by atoms with Crippen LogP contribution in [-0.4, -0.2) is 29.7 Å². The quantitative estimate of drug-likeness (QED) is 0.496. The zero-order valence-corrected chi connectivity index (χ0v) is 7.09. The average molecular weight is 159 g/mol. The lowest BCUT2D eigenvalue weighted by Crippen LogP contribution is -2.42. The molecule has 0 radical (unpaired) electrons. The summed E-state index contributed by atoms with van der Waals surface area (Å²) >= 11 is 0. The molecule has 0 aliphatic rings. The van der Waals surface area contributed by atoms with Crippen LogP contribution < -0.4 is 5.23 Å². The van der Waals surface area contributed by atoms with Gasteiger partial charge in [0.1, 0.15) is 0 Å². The Kier molecular flexibility index (Phi) is 3.55. The van der Waals surface area contributed by atoms with E-state index in [9.17, 15) is 4.79 Å². The SMILES string of the molecule is CB(O)NCC(C)(C)C(=O)O. The maximum atomic E-state index is 10.5. The molecule has 0 unspecified atom stereocenters. The minimum Gasteiger partial charge on any atom is -0.481 e. The van der Waals surface area contributed by atoms with Crippen LogP contribution in [0.25, 0.3) is 0 Å². The van der Waals surface area contributed by atoms with Crippen molar-refractivity contribution >= 4 is 13.0 Å². The van der Waals surface area contributed by atoms with Crippen LogP contribution in [-0.2, 0) is 4.79 Å². The van der Waals surface area contributed by atoms with Crippen LogP contribution in [0.5, 0.6) is 0 Å². The van der Waals surface area contributed by atoms with Gasteiger partial charge < -0.3 is 15.4 Å². The zero-order valence-electron chi connectivity index (χ0n) is 7.09. The average Bonchev–Trinajstić information content (AvgIpc) is 1.84. The second kappa shape index (κ2) is 3.73. The summed E-state index contributed by atoms with van der Waals surface area (Å²) in [4.78, 5) is 10.5. The van der Waals surface area contributed by atoms with Crippen LogP contribution in [0.2, 0.25) is 6.82 Å². The fourth-order valence-electron chi connectivity index (χ4n) is 0.478. The topological polar surface area (TPSA) is 69.6 Å². The van der Waals surface area contributed by atoms with Crippen molar-refractivity contribution in [3.63, 3.8) is 0 Å². The third-order valence-electron chi connectivity index (χ3n) is 1.42. The van der Waals surface area contributed by atoms with Gasteiger partial charge in [-0.3, -0.25) is 4.79 Å². The van der Waals surface area contributed by atoms with E-state index < -0.39 is 18.4 Å². The number of rotatable bonds is 4. The first kappa shape index (κ1) is 10.5. The van der Waals surface area contributed by atoms with Gasteiger partial charge in [0.25, 0.3) is 0 Å². The van der Waals surface area contributed by atoms with Crippen molar-refractivity contribution in [2.24, 2.45) is 5.41 Å². The minimum absolute atomic E-state index is 0.264. The van der Waals surface area contributed by atoms with Crippen LogP contribution in [0.4, 0.5) is 0 Å². The highest BCUT2D eigenvalue weighted by Gasteiger charge is 2.27. The maximum absolute atomic E-state index is 10.5. The standard InChI is InChI=1S/C6H14BNO3/c1-6(2,5(9)10)4-8-7(3)11/h8,11H,4H2,1-3H3,(H,9,10). The van der Waals surface area contributed by atoms with Crippen LogP contribution in [0, 0.1) is 5.41 Å². The number of carboxylic acid groups (broad SMARTS) is 1. The molecule has 0 saturated carbocycles. The van der Waals surface area contributed by atoms with E-state index in [2.05, 4.69) is 5.23 Å². The number of carboxylic acids is 1. The Morgan fingerprint density at radius 3 is 2.36 bits per heavy atom. The molecule has 0 bridgehead atoms. The minimum atomic E-state index is -0.870. The molecule has 0 aliphatic heterocycles. The highest BCUT2D eigenvalue weighted by atomic mass is 16.4. The number of nitrogens with one attached hydrogen (secondary N) is 1. The molecule has 0 fully saturated rings. The van der Waals surface area contributed by atoms with Crippen molar-refractivity contribution in [3.8, 4) is 0 Å². The fourth-order valence-corrected chi connectivity index (χ4v) is 0.478. The lowest BCUT2D eigenvalue weighted by Gasteiger charge is -2.19. The van der Waals surface area contributed by atoms with Crippen molar-refractivity contribution < 1.29 is 14.9 Å². The molecule has 4 nitrogen and oxygen atoms in total. The van der Waals surface area contributed by atoms with E-state index in [1.54, 1.807) is 20.7 Å². The second-order valence-corrected chi connectivity index (χ2v) is 3.25. The molecule has 0 aromatic carbocycles.